The molecule has 0 bridgehead atoms. The summed E-state index contributed by atoms with van der Waals surface area (Å²) in [4.78, 5) is 34.7. The van der Waals surface area contributed by atoms with Crippen molar-refractivity contribution in [2.24, 2.45) is 0 Å². The normalized spacial score (nSPS) is 13.0. The Bertz CT molecular complexity index is 1250. The molecule has 33 heavy (non-hydrogen) atoms. The number of benzene rings is 1. The van der Waals surface area contributed by atoms with Crippen molar-refractivity contribution in [3.63, 3.8) is 0 Å². The van der Waals surface area contributed by atoms with E-state index in [4.69, 9.17) is 4.42 Å². The zero-order chi connectivity index (χ0) is 22.6. The van der Waals surface area contributed by atoms with Gasteiger partial charge in [0.15, 0.2) is 11.5 Å². The Morgan fingerprint density at radius 2 is 1.88 bits per heavy atom. The van der Waals surface area contributed by atoms with E-state index >= 15 is 0 Å². The van der Waals surface area contributed by atoms with E-state index in [1.165, 1.54) is 6.33 Å². The van der Waals surface area contributed by atoms with Crippen LogP contribution in [0.5, 0.6) is 0 Å². The molecular weight excluding hydrogens is 418 g/mol. The van der Waals surface area contributed by atoms with Crippen LogP contribution in [0.15, 0.2) is 59.7 Å². The summed E-state index contributed by atoms with van der Waals surface area (Å²) in [6.45, 7) is 2.27. The zero-order valence-corrected chi connectivity index (χ0v) is 18.2. The molecule has 0 saturated heterocycles. The summed E-state index contributed by atoms with van der Waals surface area (Å²) in [6, 6.07) is 9.74. The van der Waals surface area contributed by atoms with Crippen molar-refractivity contribution in [2.75, 3.05) is 11.9 Å². The molecule has 3 heterocycles. The Morgan fingerprint density at radius 3 is 2.64 bits per heavy atom. The standard InChI is InChI=1S/C24H23N7O2/c1-15-19(31-24(33-15)17-5-3-2-4-6-17)9-10-27-23(32)21-22(29-18-11-25-14-26-12-18)28-13-20(30-21)16-7-8-16/h2-6,11-14,16H,7-10H2,1H3,(H,27,32)(H,28,29). The molecule has 5 rings (SSSR count). The van der Waals surface area contributed by atoms with Crippen LogP contribution in [0.3, 0.4) is 0 Å². The van der Waals surface area contributed by atoms with E-state index in [-0.39, 0.29) is 11.6 Å². The summed E-state index contributed by atoms with van der Waals surface area (Å²) in [5.41, 5.74) is 3.46. The zero-order valence-electron chi connectivity index (χ0n) is 18.2. The molecule has 166 valence electrons. The molecule has 0 unspecified atom stereocenters. The van der Waals surface area contributed by atoms with Gasteiger partial charge in [0, 0.05) is 24.4 Å². The monoisotopic (exact) mass is 441 g/mol. The average Bonchev–Trinajstić information content (AvgIpc) is 3.63. The van der Waals surface area contributed by atoms with Gasteiger partial charge < -0.3 is 15.1 Å². The first-order valence-corrected chi connectivity index (χ1v) is 10.9. The van der Waals surface area contributed by atoms with Crippen LogP contribution in [-0.4, -0.2) is 37.4 Å². The molecule has 1 amide bonds. The fraction of sp³-hybridized carbons (Fsp3) is 0.250. The van der Waals surface area contributed by atoms with Gasteiger partial charge in [0.05, 0.1) is 35.7 Å². The highest BCUT2D eigenvalue weighted by atomic mass is 16.4. The summed E-state index contributed by atoms with van der Waals surface area (Å²) in [5.74, 6) is 1.77. The minimum atomic E-state index is -0.297. The smallest absolute Gasteiger partial charge is 0.273 e. The molecule has 1 aliphatic rings. The van der Waals surface area contributed by atoms with E-state index in [0.29, 0.717) is 36.3 Å². The number of amides is 1. The second kappa shape index (κ2) is 9.15. The average molecular weight is 441 g/mol. The summed E-state index contributed by atoms with van der Waals surface area (Å²) in [7, 11) is 0. The van der Waals surface area contributed by atoms with Crippen LogP contribution in [0.2, 0.25) is 0 Å². The van der Waals surface area contributed by atoms with Crippen molar-refractivity contribution >= 4 is 17.4 Å². The number of rotatable bonds is 8. The van der Waals surface area contributed by atoms with Gasteiger partial charge in [-0.15, -0.1) is 0 Å². The second-order valence-corrected chi connectivity index (χ2v) is 7.91. The first-order valence-electron chi connectivity index (χ1n) is 10.9. The predicted molar refractivity (Wildman–Crippen MR) is 122 cm³/mol. The third-order valence-electron chi connectivity index (χ3n) is 5.39. The SMILES string of the molecule is Cc1oc(-c2ccccc2)nc1CCNC(=O)c1nc(C2CC2)cnc1Nc1cncnc1. The summed E-state index contributed by atoms with van der Waals surface area (Å²) in [5, 5.41) is 6.03. The van der Waals surface area contributed by atoms with Gasteiger partial charge in [-0.3, -0.25) is 4.79 Å². The molecule has 1 aromatic carbocycles. The Hall–Kier alpha value is -4.14. The molecule has 0 aliphatic heterocycles. The first kappa shape index (κ1) is 20.7. The quantitative estimate of drug-likeness (QED) is 0.424. The maximum atomic E-state index is 13.0. The van der Waals surface area contributed by atoms with Crippen molar-refractivity contribution < 1.29 is 9.21 Å². The van der Waals surface area contributed by atoms with E-state index < -0.39 is 0 Å². The highest BCUT2D eigenvalue weighted by molar-refractivity contribution is 5.97. The van der Waals surface area contributed by atoms with E-state index in [2.05, 4.69) is 35.6 Å². The van der Waals surface area contributed by atoms with Gasteiger partial charge in [0.1, 0.15) is 12.1 Å². The van der Waals surface area contributed by atoms with Crippen molar-refractivity contribution in [1.82, 2.24) is 30.2 Å². The number of nitrogens with one attached hydrogen (secondary N) is 2. The van der Waals surface area contributed by atoms with Crippen LogP contribution in [0.25, 0.3) is 11.5 Å². The lowest BCUT2D eigenvalue weighted by Crippen LogP contribution is -2.28. The fourth-order valence-corrected chi connectivity index (χ4v) is 3.47. The number of nitrogens with zero attached hydrogens (tertiary/aromatic N) is 5. The van der Waals surface area contributed by atoms with Crippen molar-refractivity contribution in [1.29, 1.82) is 0 Å². The third kappa shape index (κ3) is 4.87. The number of hydrogen-bond donors (Lipinski definition) is 2. The summed E-state index contributed by atoms with van der Waals surface area (Å²) >= 11 is 0. The fourth-order valence-electron chi connectivity index (χ4n) is 3.47. The number of anilines is 2. The Morgan fingerprint density at radius 1 is 1.09 bits per heavy atom. The van der Waals surface area contributed by atoms with Crippen LogP contribution in [0.1, 0.15) is 46.4 Å². The van der Waals surface area contributed by atoms with Crippen LogP contribution >= 0.6 is 0 Å². The topological polar surface area (TPSA) is 119 Å². The predicted octanol–water partition coefficient (Wildman–Crippen LogP) is 3.82. The van der Waals surface area contributed by atoms with Crippen molar-refractivity contribution in [3.8, 4) is 11.5 Å². The van der Waals surface area contributed by atoms with E-state index in [1.807, 2.05) is 37.3 Å². The number of carbonyl (C=O) groups excluding carboxylic acids is 1. The van der Waals surface area contributed by atoms with Crippen molar-refractivity contribution in [2.45, 2.75) is 32.1 Å². The molecular formula is C24H23N7O2. The third-order valence-corrected chi connectivity index (χ3v) is 5.39. The number of aromatic nitrogens is 5. The molecule has 1 saturated carbocycles. The Labute approximate surface area is 190 Å². The van der Waals surface area contributed by atoms with Gasteiger partial charge in [-0.1, -0.05) is 18.2 Å². The largest absolute Gasteiger partial charge is 0.441 e. The first-order chi connectivity index (χ1) is 16.2. The highest BCUT2D eigenvalue weighted by Crippen LogP contribution is 2.39. The van der Waals surface area contributed by atoms with Gasteiger partial charge in [0.2, 0.25) is 5.89 Å². The molecule has 9 heteroatoms. The number of carbonyl (C=O) groups is 1. The molecule has 9 nitrogen and oxygen atoms in total. The summed E-state index contributed by atoms with van der Waals surface area (Å²) < 4.78 is 5.81. The summed E-state index contributed by atoms with van der Waals surface area (Å²) in [6.07, 6.45) is 9.08. The number of oxazole rings is 1. The van der Waals surface area contributed by atoms with E-state index in [9.17, 15) is 4.79 Å². The molecule has 3 aromatic heterocycles. The van der Waals surface area contributed by atoms with Crippen LogP contribution in [-0.2, 0) is 6.42 Å². The lowest BCUT2D eigenvalue weighted by molar-refractivity contribution is 0.0949. The maximum absolute atomic E-state index is 13.0. The molecule has 0 spiro atoms. The van der Waals surface area contributed by atoms with Gasteiger partial charge in [-0.2, -0.15) is 0 Å². The molecule has 0 atom stereocenters. The van der Waals surface area contributed by atoms with Crippen molar-refractivity contribution in [3.05, 3.63) is 78.1 Å². The molecule has 1 aliphatic carbocycles. The Kier molecular flexibility index (Phi) is 5.75. The van der Waals surface area contributed by atoms with E-state index in [1.54, 1.807) is 18.6 Å². The Balaban J connectivity index is 1.28. The van der Waals surface area contributed by atoms with Crippen LogP contribution in [0.4, 0.5) is 11.5 Å². The minimum Gasteiger partial charge on any atom is -0.441 e. The molecule has 4 aromatic rings. The molecule has 0 radical (unpaired) electrons. The lowest BCUT2D eigenvalue weighted by atomic mass is 10.2. The van der Waals surface area contributed by atoms with Gasteiger partial charge in [-0.05, 0) is 31.9 Å². The maximum Gasteiger partial charge on any atom is 0.273 e. The van der Waals surface area contributed by atoms with Gasteiger partial charge in [0.25, 0.3) is 5.91 Å². The number of aryl methyl sites for hydroxylation is 1. The number of hydrogen-bond acceptors (Lipinski definition) is 8. The van der Waals surface area contributed by atoms with Gasteiger partial charge in [-0.25, -0.2) is 24.9 Å². The van der Waals surface area contributed by atoms with Crippen LogP contribution < -0.4 is 10.6 Å². The molecule has 1 fully saturated rings. The van der Waals surface area contributed by atoms with Crippen LogP contribution in [0, 0.1) is 6.92 Å². The lowest BCUT2D eigenvalue weighted by Gasteiger charge is -2.11. The minimum absolute atomic E-state index is 0.255. The van der Waals surface area contributed by atoms with Gasteiger partial charge >= 0.3 is 0 Å². The second-order valence-electron chi connectivity index (χ2n) is 7.91. The highest BCUT2D eigenvalue weighted by Gasteiger charge is 2.27. The van der Waals surface area contributed by atoms with E-state index in [0.717, 1.165) is 35.6 Å². The molecule has 2 N–H and O–H groups in total.